The molecule has 0 spiro atoms. The van der Waals surface area contributed by atoms with Crippen LogP contribution >= 0.6 is 0 Å². The fraction of sp³-hybridized carbons (Fsp3) is 0.357. The predicted octanol–water partition coefficient (Wildman–Crippen LogP) is 2.11. The summed E-state index contributed by atoms with van der Waals surface area (Å²) >= 11 is 0. The van der Waals surface area contributed by atoms with Crippen molar-refractivity contribution in [2.24, 2.45) is 5.16 Å². The zero-order chi connectivity index (χ0) is 14.2. The average molecular weight is 293 g/mol. The molecule has 3 rings (SSSR count). The highest BCUT2D eigenvalue weighted by molar-refractivity contribution is 7.85. The second-order valence-electron chi connectivity index (χ2n) is 4.87. The van der Waals surface area contributed by atoms with Crippen LogP contribution in [0.1, 0.15) is 29.5 Å². The fourth-order valence-electron chi connectivity index (χ4n) is 2.50. The number of hydrogen-bond acceptors (Lipinski definition) is 5. The molecule has 0 atom stereocenters. The molecule has 5 nitrogen and oxygen atoms in total. The smallest absolute Gasteiger partial charge is 0.325 e. The second kappa shape index (κ2) is 4.94. The molecule has 0 bridgehead atoms. The molecule has 0 fully saturated rings. The Kier molecular flexibility index (Phi) is 3.25. The third kappa shape index (κ3) is 2.56. The molecule has 0 unspecified atom stereocenters. The van der Waals surface area contributed by atoms with Gasteiger partial charge in [-0.15, -0.1) is 0 Å². The monoisotopic (exact) mass is 293 g/mol. The number of nitrogens with zero attached hydrogens (tertiary/aromatic N) is 1. The Labute approximate surface area is 118 Å². The van der Waals surface area contributed by atoms with Gasteiger partial charge < -0.3 is 4.74 Å². The summed E-state index contributed by atoms with van der Waals surface area (Å²) in [6, 6.07) is 3.97. The first-order valence-electron chi connectivity index (χ1n) is 6.46. The highest BCUT2D eigenvalue weighted by Crippen LogP contribution is 2.34. The molecule has 1 aromatic carbocycles. The minimum Gasteiger partial charge on any atom is -0.492 e. The van der Waals surface area contributed by atoms with Crippen molar-refractivity contribution < 1.29 is 17.4 Å². The number of aryl methyl sites for hydroxylation is 1. The second-order valence-corrected chi connectivity index (χ2v) is 6.42. The molecule has 1 aliphatic carbocycles. The lowest BCUT2D eigenvalue weighted by atomic mass is 9.89. The standard InChI is InChI=1S/C14H15NO4S/c1-20(16,17)19-15-12-8-9-18-13-7-6-10-4-2-3-5-11(10)14(12)13/h3,5-7H,2,4,8-9H2,1H3. The molecule has 0 saturated carbocycles. The summed E-state index contributed by atoms with van der Waals surface area (Å²) in [5.41, 5.74) is 3.77. The molecular formula is C14H15NO4S. The molecule has 1 aliphatic heterocycles. The Balaban J connectivity index is 2.10. The Hall–Kier alpha value is -1.82. The van der Waals surface area contributed by atoms with Gasteiger partial charge in [0.2, 0.25) is 0 Å². The molecule has 106 valence electrons. The summed E-state index contributed by atoms with van der Waals surface area (Å²) < 4.78 is 32.4. The number of hydrogen-bond donors (Lipinski definition) is 0. The lowest BCUT2D eigenvalue weighted by Crippen LogP contribution is -2.19. The maximum Gasteiger partial charge on any atom is 0.325 e. The van der Waals surface area contributed by atoms with Crippen molar-refractivity contribution >= 4 is 21.9 Å². The van der Waals surface area contributed by atoms with E-state index in [0.29, 0.717) is 18.7 Å². The van der Waals surface area contributed by atoms with Crippen LogP contribution < -0.4 is 4.74 Å². The van der Waals surface area contributed by atoms with Gasteiger partial charge in [-0.1, -0.05) is 23.4 Å². The average Bonchev–Trinajstić information content (AvgIpc) is 2.44. The van der Waals surface area contributed by atoms with Crippen LogP contribution in [-0.2, 0) is 20.8 Å². The first-order valence-corrected chi connectivity index (χ1v) is 8.27. The maximum atomic E-state index is 11.1. The third-order valence-corrected chi connectivity index (χ3v) is 3.68. The van der Waals surface area contributed by atoms with Crippen LogP contribution in [-0.4, -0.2) is 27.0 Å². The maximum absolute atomic E-state index is 11.1. The lowest BCUT2D eigenvalue weighted by molar-refractivity contribution is 0.309. The summed E-state index contributed by atoms with van der Waals surface area (Å²) in [7, 11) is -3.59. The number of rotatable bonds is 2. The highest BCUT2D eigenvalue weighted by Gasteiger charge is 2.23. The first kappa shape index (κ1) is 13.2. The molecule has 6 heteroatoms. The summed E-state index contributed by atoms with van der Waals surface area (Å²) in [6.45, 7) is 0.474. The van der Waals surface area contributed by atoms with E-state index in [2.05, 4.69) is 21.6 Å². The summed E-state index contributed by atoms with van der Waals surface area (Å²) in [5.74, 6) is 0.734. The van der Waals surface area contributed by atoms with E-state index in [1.807, 2.05) is 12.1 Å². The number of oxime groups is 1. The summed E-state index contributed by atoms with van der Waals surface area (Å²) in [5, 5.41) is 3.82. The first-order chi connectivity index (χ1) is 9.54. The Bertz CT molecular complexity index is 704. The summed E-state index contributed by atoms with van der Waals surface area (Å²) in [4.78, 5) is 0. The van der Waals surface area contributed by atoms with Crippen molar-refractivity contribution in [3.63, 3.8) is 0 Å². The van der Waals surface area contributed by atoms with Crippen molar-refractivity contribution in [3.8, 4) is 5.75 Å². The molecular weight excluding hydrogens is 278 g/mol. The molecule has 0 radical (unpaired) electrons. The van der Waals surface area contributed by atoms with Crippen LogP contribution in [0.3, 0.4) is 0 Å². The minimum atomic E-state index is -3.59. The van der Waals surface area contributed by atoms with Crippen LogP contribution in [0.15, 0.2) is 23.4 Å². The van der Waals surface area contributed by atoms with E-state index in [0.717, 1.165) is 36.0 Å². The molecule has 0 aromatic heterocycles. The number of ether oxygens (including phenoxy) is 1. The van der Waals surface area contributed by atoms with Gasteiger partial charge in [0, 0.05) is 12.0 Å². The number of fused-ring (bicyclic) bond motifs is 3. The van der Waals surface area contributed by atoms with Gasteiger partial charge in [-0.2, -0.15) is 8.42 Å². The van der Waals surface area contributed by atoms with Crippen LogP contribution in [0.2, 0.25) is 0 Å². The van der Waals surface area contributed by atoms with Crippen molar-refractivity contribution in [2.75, 3.05) is 12.9 Å². The van der Waals surface area contributed by atoms with Crippen molar-refractivity contribution in [2.45, 2.75) is 19.3 Å². The zero-order valence-corrected chi connectivity index (χ0v) is 11.9. The normalized spacial score (nSPS) is 19.1. The van der Waals surface area contributed by atoms with Gasteiger partial charge in [-0.05, 0) is 30.0 Å². The molecule has 1 heterocycles. The largest absolute Gasteiger partial charge is 0.492 e. The van der Waals surface area contributed by atoms with Crippen molar-refractivity contribution in [1.82, 2.24) is 0 Å². The fourth-order valence-corrected chi connectivity index (χ4v) is 2.72. The van der Waals surface area contributed by atoms with Gasteiger partial charge in [-0.25, -0.2) is 0 Å². The molecule has 2 aliphatic rings. The van der Waals surface area contributed by atoms with E-state index in [9.17, 15) is 8.42 Å². The Morgan fingerprint density at radius 2 is 2.15 bits per heavy atom. The van der Waals surface area contributed by atoms with E-state index in [-0.39, 0.29) is 0 Å². The highest BCUT2D eigenvalue weighted by atomic mass is 32.2. The van der Waals surface area contributed by atoms with E-state index in [1.54, 1.807) is 0 Å². The Morgan fingerprint density at radius 1 is 1.30 bits per heavy atom. The third-order valence-electron chi connectivity index (χ3n) is 3.33. The van der Waals surface area contributed by atoms with Gasteiger partial charge in [0.1, 0.15) is 5.75 Å². The lowest BCUT2D eigenvalue weighted by Gasteiger charge is -2.23. The van der Waals surface area contributed by atoms with E-state index in [1.165, 1.54) is 5.56 Å². The quantitative estimate of drug-likeness (QED) is 0.783. The van der Waals surface area contributed by atoms with Gasteiger partial charge in [0.05, 0.1) is 18.6 Å². The predicted molar refractivity (Wildman–Crippen MR) is 76.4 cm³/mol. The van der Waals surface area contributed by atoms with Gasteiger partial charge in [0.25, 0.3) is 0 Å². The van der Waals surface area contributed by atoms with E-state index >= 15 is 0 Å². The van der Waals surface area contributed by atoms with Crippen LogP contribution in [0.5, 0.6) is 5.75 Å². The summed E-state index contributed by atoms with van der Waals surface area (Å²) in [6.07, 6.45) is 7.65. The SMILES string of the molecule is CS(=O)(=O)ON=C1CCOc2ccc3c(c21)C=CCC3. The van der Waals surface area contributed by atoms with Crippen LogP contribution in [0, 0.1) is 0 Å². The van der Waals surface area contributed by atoms with Crippen LogP contribution in [0.4, 0.5) is 0 Å². The van der Waals surface area contributed by atoms with E-state index in [4.69, 9.17) is 4.74 Å². The molecule has 0 saturated heterocycles. The minimum absolute atomic E-state index is 0.474. The van der Waals surface area contributed by atoms with Crippen molar-refractivity contribution in [1.29, 1.82) is 0 Å². The van der Waals surface area contributed by atoms with Gasteiger partial charge in [0.15, 0.2) is 0 Å². The topological polar surface area (TPSA) is 65.0 Å². The molecule has 1 aromatic rings. The van der Waals surface area contributed by atoms with E-state index < -0.39 is 10.1 Å². The Morgan fingerprint density at radius 3 is 2.95 bits per heavy atom. The molecule has 0 amide bonds. The van der Waals surface area contributed by atoms with Gasteiger partial charge >= 0.3 is 10.1 Å². The molecule has 0 N–H and O–H groups in total. The van der Waals surface area contributed by atoms with Gasteiger partial charge in [-0.3, -0.25) is 4.28 Å². The van der Waals surface area contributed by atoms with Crippen LogP contribution in [0.25, 0.3) is 6.08 Å². The number of benzene rings is 1. The zero-order valence-electron chi connectivity index (χ0n) is 11.1. The number of allylic oxidation sites excluding steroid dienone is 1. The molecule has 20 heavy (non-hydrogen) atoms. The van der Waals surface area contributed by atoms with Crippen molar-refractivity contribution in [3.05, 3.63) is 34.9 Å².